The molecule has 0 N–H and O–H groups in total. The zero-order valence-electron chi connectivity index (χ0n) is 18.8. The highest BCUT2D eigenvalue weighted by atomic mass is 16.5. The normalized spacial score (nSPS) is 14.4. The Labute approximate surface area is 185 Å². The number of carbonyl (C=O) groups excluding carboxylic acids is 2. The molecule has 0 atom stereocenters. The van der Waals surface area contributed by atoms with Crippen molar-refractivity contribution in [1.82, 2.24) is 14.8 Å². The highest BCUT2D eigenvalue weighted by Gasteiger charge is 2.24. The highest BCUT2D eigenvalue weighted by molar-refractivity contribution is 5.79. The summed E-state index contributed by atoms with van der Waals surface area (Å²) in [6, 6.07) is 13.7. The van der Waals surface area contributed by atoms with Crippen LogP contribution in [0.4, 0.5) is 0 Å². The van der Waals surface area contributed by atoms with E-state index in [4.69, 9.17) is 4.74 Å². The van der Waals surface area contributed by atoms with Gasteiger partial charge in [0.15, 0.2) is 0 Å². The molecule has 1 aromatic carbocycles. The van der Waals surface area contributed by atoms with Gasteiger partial charge in [0.1, 0.15) is 5.75 Å². The maximum Gasteiger partial charge on any atom is 0.228 e. The Kier molecular flexibility index (Phi) is 7.66. The number of piperazine rings is 1. The smallest absolute Gasteiger partial charge is 0.228 e. The van der Waals surface area contributed by atoms with E-state index in [1.54, 1.807) is 6.20 Å². The van der Waals surface area contributed by atoms with Gasteiger partial charge in [0.2, 0.25) is 11.8 Å². The van der Waals surface area contributed by atoms with Crippen molar-refractivity contribution in [2.24, 2.45) is 0 Å². The molecule has 0 unspecified atom stereocenters. The summed E-state index contributed by atoms with van der Waals surface area (Å²) < 4.78 is 5.79. The van der Waals surface area contributed by atoms with Crippen LogP contribution in [0.2, 0.25) is 0 Å². The molecule has 0 spiro atoms. The molecule has 0 radical (unpaired) electrons. The Morgan fingerprint density at radius 2 is 1.58 bits per heavy atom. The summed E-state index contributed by atoms with van der Waals surface area (Å²) >= 11 is 0. The van der Waals surface area contributed by atoms with Gasteiger partial charge in [0.25, 0.3) is 0 Å². The van der Waals surface area contributed by atoms with E-state index in [0.29, 0.717) is 52.0 Å². The van der Waals surface area contributed by atoms with Crippen LogP contribution in [-0.4, -0.2) is 59.4 Å². The fourth-order valence-electron chi connectivity index (χ4n) is 3.60. The van der Waals surface area contributed by atoms with Crippen LogP contribution in [-0.2, 0) is 21.4 Å². The van der Waals surface area contributed by atoms with Gasteiger partial charge in [-0.15, -0.1) is 0 Å². The van der Waals surface area contributed by atoms with E-state index in [1.807, 2.05) is 40.1 Å². The lowest BCUT2D eigenvalue weighted by Gasteiger charge is -2.35. The molecule has 2 heterocycles. The third-order valence-corrected chi connectivity index (χ3v) is 5.57. The Morgan fingerprint density at radius 1 is 0.935 bits per heavy atom. The van der Waals surface area contributed by atoms with Crippen LogP contribution >= 0.6 is 0 Å². The van der Waals surface area contributed by atoms with E-state index >= 15 is 0 Å². The predicted molar refractivity (Wildman–Crippen MR) is 121 cm³/mol. The molecule has 1 aliphatic heterocycles. The minimum Gasteiger partial charge on any atom is -0.494 e. The Balaban J connectivity index is 1.34. The summed E-state index contributed by atoms with van der Waals surface area (Å²) in [4.78, 5) is 32.8. The molecule has 3 rings (SSSR count). The molecular weight excluding hydrogens is 390 g/mol. The molecular formula is C25H33N3O3. The zero-order chi connectivity index (χ0) is 22.3. The van der Waals surface area contributed by atoms with E-state index < -0.39 is 0 Å². The number of hydrogen-bond donors (Lipinski definition) is 0. The van der Waals surface area contributed by atoms with E-state index in [-0.39, 0.29) is 17.2 Å². The van der Waals surface area contributed by atoms with Crippen molar-refractivity contribution in [2.45, 2.75) is 45.4 Å². The molecule has 166 valence electrons. The lowest BCUT2D eigenvalue weighted by molar-refractivity contribution is -0.139. The van der Waals surface area contributed by atoms with Crippen molar-refractivity contribution < 1.29 is 14.3 Å². The van der Waals surface area contributed by atoms with E-state index in [9.17, 15) is 9.59 Å². The number of hydrogen-bond acceptors (Lipinski definition) is 4. The summed E-state index contributed by atoms with van der Waals surface area (Å²) in [5.74, 6) is 1.03. The summed E-state index contributed by atoms with van der Waals surface area (Å²) in [7, 11) is 0. The van der Waals surface area contributed by atoms with Gasteiger partial charge in [-0.2, -0.15) is 0 Å². The first-order valence-corrected chi connectivity index (χ1v) is 11.0. The second-order valence-corrected chi connectivity index (χ2v) is 8.99. The van der Waals surface area contributed by atoms with Gasteiger partial charge < -0.3 is 14.5 Å². The first-order chi connectivity index (χ1) is 14.8. The van der Waals surface area contributed by atoms with Crippen molar-refractivity contribution in [3.8, 4) is 5.75 Å². The maximum atomic E-state index is 12.5. The molecule has 1 aliphatic rings. The number of nitrogens with zero attached hydrogens (tertiary/aromatic N) is 3. The van der Waals surface area contributed by atoms with E-state index in [2.05, 4.69) is 37.9 Å². The first kappa shape index (κ1) is 22.8. The minimum absolute atomic E-state index is 0.0664. The van der Waals surface area contributed by atoms with Gasteiger partial charge in [-0.05, 0) is 41.7 Å². The van der Waals surface area contributed by atoms with Crippen LogP contribution in [0.5, 0.6) is 5.75 Å². The maximum absolute atomic E-state index is 12.5. The molecule has 6 heteroatoms. The molecule has 31 heavy (non-hydrogen) atoms. The number of aromatic nitrogens is 1. The second kappa shape index (κ2) is 10.4. The van der Waals surface area contributed by atoms with Crippen LogP contribution in [0.1, 0.15) is 44.9 Å². The molecule has 0 saturated carbocycles. The van der Waals surface area contributed by atoms with Gasteiger partial charge in [-0.25, -0.2) is 0 Å². The van der Waals surface area contributed by atoms with Crippen LogP contribution in [0, 0.1) is 0 Å². The Bertz CT molecular complexity index is 852. The summed E-state index contributed by atoms with van der Waals surface area (Å²) in [5, 5.41) is 0. The standard InChI is InChI=1S/C25H33N3O3/c1-25(2,3)20-9-11-22(12-10-20)31-18-6-8-23(29)27-14-16-28(17-15-27)24(30)19-21-7-4-5-13-26-21/h4-5,7,9-13H,6,8,14-19H2,1-3H3. The van der Waals surface area contributed by atoms with Crippen LogP contribution in [0.15, 0.2) is 48.7 Å². The molecule has 6 nitrogen and oxygen atoms in total. The van der Waals surface area contributed by atoms with Crippen molar-refractivity contribution >= 4 is 11.8 Å². The summed E-state index contributed by atoms with van der Waals surface area (Å²) in [6.45, 7) is 9.40. The fraction of sp³-hybridized carbons (Fsp3) is 0.480. The van der Waals surface area contributed by atoms with Gasteiger partial charge in [-0.1, -0.05) is 39.0 Å². The fourth-order valence-corrected chi connectivity index (χ4v) is 3.60. The number of rotatable bonds is 7. The Morgan fingerprint density at radius 3 is 2.16 bits per heavy atom. The average Bonchev–Trinajstić information content (AvgIpc) is 2.77. The quantitative estimate of drug-likeness (QED) is 0.640. The second-order valence-electron chi connectivity index (χ2n) is 8.99. The highest BCUT2D eigenvalue weighted by Crippen LogP contribution is 2.24. The molecule has 2 aromatic rings. The number of pyridine rings is 1. The largest absolute Gasteiger partial charge is 0.494 e. The molecule has 0 aliphatic carbocycles. The van der Waals surface area contributed by atoms with Gasteiger partial charge in [0, 0.05) is 44.5 Å². The van der Waals surface area contributed by atoms with Gasteiger partial charge in [0.05, 0.1) is 13.0 Å². The molecule has 2 amide bonds. The van der Waals surface area contributed by atoms with E-state index in [0.717, 1.165) is 11.4 Å². The molecule has 1 aromatic heterocycles. The van der Waals surface area contributed by atoms with Crippen molar-refractivity contribution in [3.63, 3.8) is 0 Å². The van der Waals surface area contributed by atoms with Crippen molar-refractivity contribution in [1.29, 1.82) is 0 Å². The number of ether oxygens (including phenoxy) is 1. The zero-order valence-corrected chi connectivity index (χ0v) is 18.8. The van der Waals surface area contributed by atoms with Crippen LogP contribution < -0.4 is 4.74 Å². The number of amides is 2. The number of carbonyl (C=O) groups is 2. The van der Waals surface area contributed by atoms with Crippen molar-refractivity contribution in [3.05, 3.63) is 59.9 Å². The average molecular weight is 424 g/mol. The summed E-state index contributed by atoms with van der Waals surface area (Å²) in [5.41, 5.74) is 2.17. The SMILES string of the molecule is CC(C)(C)c1ccc(OCCCC(=O)N2CCN(C(=O)Cc3ccccn3)CC2)cc1. The van der Waals surface area contributed by atoms with Gasteiger partial charge >= 0.3 is 0 Å². The van der Waals surface area contributed by atoms with Crippen molar-refractivity contribution in [2.75, 3.05) is 32.8 Å². The molecule has 1 fully saturated rings. The predicted octanol–water partition coefficient (Wildman–Crippen LogP) is 3.45. The lowest BCUT2D eigenvalue weighted by Crippen LogP contribution is -2.51. The van der Waals surface area contributed by atoms with Crippen LogP contribution in [0.25, 0.3) is 0 Å². The van der Waals surface area contributed by atoms with Gasteiger partial charge in [-0.3, -0.25) is 14.6 Å². The van der Waals surface area contributed by atoms with E-state index in [1.165, 1.54) is 5.56 Å². The third kappa shape index (κ3) is 6.81. The summed E-state index contributed by atoms with van der Waals surface area (Å²) in [6.07, 6.45) is 3.15. The van der Waals surface area contributed by atoms with Crippen LogP contribution in [0.3, 0.4) is 0 Å². The first-order valence-electron chi connectivity index (χ1n) is 11.0. The number of benzene rings is 1. The minimum atomic E-state index is 0.0664. The lowest BCUT2D eigenvalue weighted by atomic mass is 9.87. The monoisotopic (exact) mass is 423 g/mol. The Hall–Kier alpha value is -2.89. The third-order valence-electron chi connectivity index (χ3n) is 5.57. The molecule has 0 bridgehead atoms. The molecule has 1 saturated heterocycles. The topological polar surface area (TPSA) is 62.7 Å².